The Bertz CT molecular complexity index is 1070. The lowest BCUT2D eigenvalue weighted by atomic mass is 10.2. The van der Waals surface area contributed by atoms with E-state index < -0.39 is 22.0 Å². The van der Waals surface area contributed by atoms with E-state index in [1.807, 2.05) is 0 Å². The average molecular weight is 465 g/mol. The molecule has 1 N–H and O–H groups in total. The van der Waals surface area contributed by atoms with E-state index >= 15 is 0 Å². The van der Waals surface area contributed by atoms with Crippen molar-refractivity contribution in [2.45, 2.75) is 30.4 Å². The number of hydrogen-bond acceptors (Lipinski definition) is 4. The van der Waals surface area contributed by atoms with Crippen molar-refractivity contribution >= 4 is 16.1 Å². The van der Waals surface area contributed by atoms with Gasteiger partial charge in [-0.2, -0.15) is 4.31 Å². The molecule has 2 aliphatic heterocycles. The summed E-state index contributed by atoms with van der Waals surface area (Å²) in [6.07, 6.45) is 0.324. The molecule has 10 heteroatoms. The number of urea groups is 1. The fourth-order valence-corrected chi connectivity index (χ4v) is 5.84. The van der Waals surface area contributed by atoms with Gasteiger partial charge in [0.05, 0.1) is 6.17 Å². The van der Waals surface area contributed by atoms with E-state index in [9.17, 15) is 22.0 Å². The largest absolute Gasteiger partial charge is 0.322 e. The Morgan fingerprint density at radius 2 is 1.59 bits per heavy atom. The van der Waals surface area contributed by atoms with Crippen molar-refractivity contribution in [3.05, 3.63) is 65.7 Å². The molecule has 172 valence electrons. The van der Waals surface area contributed by atoms with Gasteiger partial charge in [0.15, 0.2) is 0 Å². The molecule has 2 fully saturated rings. The number of nitrogens with one attached hydrogen (secondary N) is 1. The second-order valence-electron chi connectivity index (χ2n) is 8.01. The van der Waals surface area contributed by atoms with Crippen LogP contribution in [0.3, 0.4) is 0 Å². The van der Waals surface area contributed by atoms with Gasteiger partial charge >= 0.3 is 6.03 Å². The number of nitrogens with zero attached hydrogens (tertiary/aromatic N) is 3. The van der Waals surface area contributed by atoms with Crippen LogP contribution in [0.4, 0.5) is 13.6 Å². The lowest BCUT2D eigenvalue weighted by Gasteiger charge is -2.36. The zero-order chi connectivity index (χ0) is 22.7. The minimum Gasteiger partial charge on any atom is -0.322 e. The molecule has 0 aromatic heterocycles. The van der Waals surface area contributed by atoms with E-state index in [1.54, 1.807) is 23.1 Å². The van der Waals surface area contributed by atoms with Crippen molar-refractivity contribution in [1.29, 1.82) is 0 Å². The molecule has 0 spiro atoms. The monoisotopic (exact) mass is 464 g/mol. The van der Waals surface area contributed by atoms with Crippen LogP contribution in [0.15, 0.2) is 53.4 Å². The van der Waals surface area contributed by atoms with Crippen molar-refractivity contribution in [1.82, 2.24) is 19.4 Å². The van der Waals surface area contributed by atoms with Crippen molar-refractivity contribution < 1.29 is 22.0 Å². The Morgan fingerprint density at radius 3 is 2.28 bits per heavy atom. The van der Waals surface area contributed by atoms with Crippen LogP contribution in [0.5, 0.6) is 0 Å². The summed E-state index contributed by atoms with van der Waals surface area (Å²) in [6.45, 7) is 2.77. The summed E-state index contributed by atoms with van der Waals surface area (Å²) in [4.78, 5) is 16.1. The first-order valence-corrected chi connectivity index (χ1v) is 12.1. The van der Waals surface area contributed by atoms with E-state index in [1.165, 1.54) is 24.3 Å². The van der Waals surface area contributed by atoms with Gasteiger partial charge in [0, 0.05) is 44.8 Å². The standard InChI is InChI=1S/C22H26F2N4O3S/c23-18-7-2-1-6-17(18)16-26-12-14-27(15-13-26)22(29)25-21-10-5-11-28(21)32(30,31)20-9-4-3-8-19(20)24/h1-4,6-9,21H,5,10-16H2,(H,25,29)/t21-/m1/s1. The van der Waals surface area contributed by atoms with Crippen molar-refractivity contribution in [3.63, 3.8) is 0 Å². The molecule has 0 bridgehead atoms. The molecule has 0 radical (unpaired) electrons. The van der Waals surface area contributed by atoms with Gasteiger partial charge in [-0.3, -0.25) is 4.90 Å². The van der Waals surface area contributed by atoms with E-state index in [2.05, 4.69) is 10.2 Å². The summed E-state index contributed by atoms with van der Waals surface area (Å²) in [5, 5.41) is 2.80. The van der Waals surface area contributed by atoms with Gasteiger partial charge < -0.3 is 10.2 Å². The van der Waals surface area contributed by atoms with Crippen LogP contribution in [0.25, 0.3) is 0 Å². The maximum atomic E-state index is 14.1. The fraction of sp³-hybridized carbons (Fsp3) is 0.409. The fourth-order valence-electron chi connectivity index (χ4n) is 4.16. The van der Waals surface area contributed by atoms with Gasteiger partial charge in [-0.25, -0.2) is 22.0 Å². The Morgan fingerprint density at radius 1 is 0.938 bits per heavy atom. The molecule has 7 nitrogen and oxygen atoms in total. The summed E-state index contributed by atoms with van der Waals surface area (Å²) in [6, 6.07) is 11.5. The first-order valence-electron chi connectivity index (χ1n) is 10.6. The molecule has 2 heterocycles. The van der Waals surface area contributed by atoms with Crippen LogP contribution < -0.4 is 5.32 Å². The molecule has 0 unspecified atom stereocenters. The van der Waals surface area contributed by atoms with Gasteiger partial charge in [-0.05, 0) is 31.0 Å². The van der Waals surface area contributed by atoms with Crippen LogP contribution in [0, 0.1) is 11.6 Å². The summed E-state index contributed by atoms with van der Waals surface area (Å²) >= 11 is 0. The number of carbonyl (C=O) groups excluding carboxylic acids is 1. The third kappa shape index (κ3) is 4.77. The predicted molar refractivity (Wildman–Crippen MR) is 115 cm³/mol. The normalized spacial score (nSPS) is 20.4. The molecule has 2 saturated heterocycles. The molecule has 2 amide bonds. The van der Waals surface area contributed by atoms with Gasteiger partial charge in [0.1, 0.15) is 16.5 Å². The highest BCUT2D eigenvalue weighted by atomic mass is 32.2. The van der Waals surface area contributed by atoms with Gasteiger partial charge in [-0.1, -0.05) is 30.3 Å². The van der Waals surface area contributed by atoms with Crippen molar-refractivity contribution in [3.8, 4) is 0 Å². The SMILES string of the molecule is O=C(N[C@H]1CCCN1S(=O)(=O)c1ccccc1F)N1CCN(Cc2ccccc2F)CC1. The molecule has 4 rings (SSSR count). The van der Waals surface area contributed by atoms with Gasteiger partial charge in [-0.15, -0.1) is 0 Å². The van der Waals surface area contributed by atoms with Crippen molar-refractivity contribution in [2.24, 2.45) is 0 Å². The smallest absolute Gasteiger partial charge is 0.318 e. The highest BCUT2D eigenvalue weighted by Gasteiger charge is 2.38. The quantitative estimate of drug-likeness (QED) is 0.739. The minimum absolute atomic E-state index is 0.220. The number of amides is 2. The maximum Gasteiger partial charge on any atom is 0.318 e. The molecule has 1 atom stereocenters. The van der Waals surface area contributed by atoms with Crippen LogP contribution >= 0.6 is 0 Å². The van der Waals surface area contributed by atoms with Crippen molar-refractivity contribution in [2.75, 3.05) is 32.7 Å². The molecule has 32 heavy (non-hydrogen) atoms. The molecule has 2 aliphatic rings. The second kappa shape index (κ2) is 9.51. The number of piperazine rings is 1. The number of sulfonamides is 1. The third-order valence-electron chi connectivity index (χ3n) is 5.93. The maximum absolute atomic E-state index is 14.1. The van der Waals surface area contributed by atoms with Crippen LogP contribution in [-0.4, -0.2) is 67.4 Å². The Hall–Kier alpha value is -2.56. The molecular formula is C22H26F2N4O3S. The Labute approximate surface area is 186 Å². The molecule has 0 aliphatic carbocycles. The lowest BCUT2D eigenvalue weighted by molar-refractivity contribution is 0.129. The zero-order valence-corrected chi connectivity index (χ0v) is 18.4. The van der Waals surface area contributed by atoms with Crippen LogP contribution in [0.1, 0.15) is 18.4 Å². The third-order valence-corrected chi connectivity index (χ3v) is 7.87. The number of hydrogen-bond donors (Lipinski definition) is 1. The zero-order valence-electron chi connectivity index (χ0n) is 17.6. The Kier molecular flexibility index (Phi) is 6.73. The lowest BCUT2D eigenvalue weighted by Crippen LogP contribution is -2.55. The van der Waals surface area contributed by atoms with Crippen LogP contribution in [0.2, 0.25) is 0 Å². The number of carbonyl (C=O) groups is 1. The average Bonchev–Trinajstić information content (AvgIpc) is 3.25. The number of rotatable bonds is 5. The summed E-state index contributed by atoms with van der Waals surface area (Å²) < 4.78 is 55.1. The van der Waals surface area contributed by atoms with E-state index in [0.717, 1.165) is 10.4 Å². The highest BCUT2D eigenvalue weighted by Crippen LogP contribution is 2.26. The summed E-state index contributed by atoms with van der Waals surface area (Å²) in [5.41, 5.74) is 0.616. The van der Waals surface area contributed by atoms with Crippen LogP contribution in [-0.2, 0) is 16.6 Å². The van der Waals surface area contributed by atoms with E-state index in [-0.39, 0.29) is 23.3 Å². The highest BCUT2D eigenvalue weighted by molar-refractivity contribution is 7.89. The Balaban J connectivity index is 1.35. The number of halogens is 2. The first-order chi connectivity index (χ1) is 15.4. The predicted octanol–water partition coefficient (Wildman–Crippen LogP) is 2.60. The number of benzene rings is 2. The van der Waals surface area contributed by atoms with Gasteiger partial charge in [0.25, 0.3) is 0 Å². The molecule has 2 aromatic carbocycles. The molecular weight excluding hydrogens is 438 g/mol. The topological polar surface area (TPSA) is 73.0 Å². The summed E-state index contributed by atoms with van der Waals surface area (Å²) in [7, 11) is -4.06. The second-order valence-corrected chi connectivity index (χ2v) is 9.87. The molecule has 0 saturated carbocycles. The minimum atomic E-state index is -4.06. The first kappa shape index (κ1) is 22.6. The van der Waals surface area contributed by atoms with E-state index in [4.69, 9.17) is 0 Å². The van der Waals surface area contributed by atoms with Gasteiger partial charge in [0.2, 0.25) is 10.0 Å². The summed E-state index contributed by atoms with van der Waals surface area (Å²) in [5.74, 6) is -1.06. The molecule has 2 aromatic rings. The van der Waals surface area contributed by atoms with E-state index in [0.29, 0.717) is 51.1 Å².